The summed E-state index contributed by atoms with van der Waals surface area (Å²) in [6.07, 6.45) is 1.15. The number of amides is 1. The molecule has 0 aliphatic heterocycles. The maximum Gasteiger partial charge on any atom is 0.307 e. The second-order valence-corrected chi connectivity index (χ2v) is 6.44. The molecule has 2 N–H and O–H groups in total. The van der Waals surface area contributed by atoms with Crippen LogP contribution in [0.25, 0.3) is 0 Å². The van der Waals surface area contributed by atoms with Crippen LogP contribution in [0.1, 0.15) is 24.0 Å². The summed E-state index contributed by atoms with van der Waals surface area (Å²) in [6, 6.07) is 13.1. The Labute approximate surface area is 146 Å². The quantitative estimate of drug-likeness (QED) is 0.858. The van der Waals surface area contributed by atoms with Crippen LogP contribution >= 0.6 is 0 Å². The fraction of sp³-hybridized carbons (Fsp3) is 0.300. The molecule has 0 bridgehead atoms. The van der Waals surface area contributed by atoms with E-state index in [2.05, 4.69) is 5.32 Å². The lowest BCUT2D eigenvalue weighted by atomic mass is 9.73. The average Bonchev–Trinajstić information content (AvgIpc) is 2.51. The lowest BCUT2D eigenvalue weighted by Crippen LogP contribution is -2.41. The van der Waals surface area contributed by atoms with E-state index in [4.69, 9.17) is 9.84 Å². The predicted octanol–water partition coefficient (Wildman–Crippen LogP) is 4.15. The van der Waals surface area contributed by atoms with Gasteiger partial charge in [0, 0.05) is 0 Å². The minimum absolute atomic E-state index is 0.267. The van der Waals surface area contributed by atoms with Gasteiger partial charge in [-0.1, -0.05) is 30.3 Å². The SMILES string of the molecule is Cc1cccc(C)c1Oc1ccccc1NC(=O)C1CCC1C(=O)O. The van der Waals surface area contributed by atoms with Crippen molar-refractivity contribution in [3.8, 4) is 11.5 Å². The summed E-state index contributed by atoms with van der Waals surface area (Å²) in [5.74, 6) is -0.948. The highest BCUT2D eigenvalue weighted by Crippen LogP contribution is 2.37. The molecule has 130 valence electrons. The molecule has 0 heterocycles. The largest absolute Gasteiger partial charge is 0.481 e. The first-order valence-electron chi connectivity index (χ1n) is 8.34. The molecule has 2 unspecified atom stereocenters. The molecule has 2 atom stereocenters. The molecule has 1 aliphatic carbocycles. The predicted molar refractivity (Wildman–Crippen MR) is 94.9 cm³/mol. The maximum atomic E-state index is 12.4. The Hall–Kier alpha value is -2.82. The number of rotatable bonds is 5. The fourth-order valence-electron chi connectivity index (χ4n) is 3.06. The van der Waals surface area contributed by atoms with Gasteiger partial charge < -0.3 is 15.2 Å². The number of benzene rings is 2. The van der Waals surface area contributed by atoms with Gasteiger partial charge >= 0.3 is 5.97 Å². The summed E-state index contributed by atoms with van der Waals surface area (Å²) < 4.78 is 6.05. The van der Waals surface area contributed by atoms with Crippen molar-refractivity contribution in [1.82, 2.24) is 0 Å². The molecule has 0 aromatic heterocycles. The molecule has 1 saturated carbocycles. The van der Waals surface area contributed by atoms with Crippen molar-refractivity contribution in [1.29, 1.82) is 0 Å². The van der Waals surface area contributed by atoms with Crippen molar-refractivity contribution in [2.45, 2.75) is 26.7 Å². The van der Waals surface area contributed by atoms with E-state index in [1.54, 1.807) is 12.1 Å². The van der Waals surface area contributed by atoms with Crippen LogP contribution in [0.5, 0.6) is 11.5 Å². The van der Waals surface area contributed by atoms with Crippen molar-refractivity contribution in [2.75, 3.05) is 5.32 Å². The van der Waals surface area contributed by atoms with Crippen LogP contribution in [0.4, 0.5) is 5.69 Å². The molecule has 1 amide bonds. The second-order valence-electron chi connectivity index (χ2n) is 6.44. The first kappa shape index (κ1) is 17.0. The van der Waals surface area contributed by atoms with E-state index in [1.807, 2.05) is 44.2 Å². The highest BCUT2D eigenvalue weighted by atomic mass is 16.5. The molecule has 25 heavy (non-hydrogen) atoms. The van der Waals surface area contributed by atoms with Crippen LogP contribution in [0.3, 0.4) is 0 Å². The number of hydrogen-bond acceptors (Lipinski definition) is 3. The number of carboxylic acids is 1. The van der Waals surface area contributed by atoms with E-state index in [-0.39, 0.29) is 5.91 Å². The van der Waals surface area contributed by atoms with Crippen molar-refractivity contribution < 1.29 is 19.4 Å². The topological polar surface area (TPSA) is 75.6 Å². The van der Waals surface area contributed by atoms with Crippen LogP contribution < -0.4 is 10.1 Å². The molecule has 2 aromatic rings. The Morgan fingerprint density at radius 1 is 1.00 bits per heavy atom. The van der Waals surface area contributed by atoms with Gasteiger partial charge in [-0.05, 0) is 49.9 Å². The molecular weight excluding hydrogens is 318 g/mol. The number of hydrogen-bond donors (Lipinski definition) is 2. The van der Waals surface area contributed by atoms with Crippen molar-refractivity contribution >= 4 is 17.6 Å². The third kappa shape index (κ3) is 3.50. The van der Waals surface area contributed by atoms with Gasteiger partial charge in [0.05, 0.1) is 17.5 Å². The van der Waals surface area contributed by atoms with E-state index in [9.17, 15) is 9.59 Å². The normalized spacial score (nSPS) is 19.0. The van der Waals surface area contributed by atoms with Gasteiger partial charge in [-0.3, -0.25) is 9.59 Å². The number of carboxylic acid groups (broad SMARTS) is 1. The Kier molecular flexibility index (Phi) is 4.74. The van der Waals surface area contributed by atoms with Gasteiger partial charge in [-0.25, -0.2) is 0 Å². The van der Waals surface area contributed by atoms with Crippen molar-refractivity contribution in [2.24, 2.45) is 11.8 Å². The van der Waals surface area contributed by atoms with Gasteiger partial charge in [0.15, 0.2) is 5.75 Å². The van der Waals surface area contributed by atoms with Crippen LogP contribution in [0.2, 0.25) is 0 Å². The van der Waals surface area contributed by atoms with Crippen LogP contribution in [0.15, 0.2) is 42.5 Å². The molecule has 1 fully saturated rings. The van der Waals surface area contributed by atoms with Crippen LogP contribution in [0, 0.1) is 25.7 Å². The van der Waals surface area contributed by atoms with Crippen molar-refractivity contribution in [3.05, 3.63) is 53.6 Å². The zero-order valence-electron chi connectivity index (χ0n) is 14.3. The molecule has 0 radical (unpaired) electrons. The monoisotopic (exact) mass is 339 g/mol. The number of para-hydroxylation sites is 3. The number of carbonyl (C=O) groups excluding carboxylic acids is 1. The van der Waals surface area contributed by atoms with Gasteiger partial charge in [0.1, 0.15) is 5.75 Å². The fourth-order valence-corrected chi connectivity index (χ4v) is 3.06. The van der Waals surface area contributed by atoms with E-state index in [0.717, 1.165) is 16.9 Å². The van der Waals surface area contributed by atoms with E-state index in [0.29, 0.717) is 24.3 Å². The molecule has 3 rings (SSSR count). The summed E-state index contributed by atoms with van der Waals surface area (Å²) in [6.45, 7) is 3.94. The summed E-state index contributed by atoms with van der Waals surface area (Å²) in [5, 5.41) is 12.0. The molecular formula is C20H21NO4. The Bertz CT molecular complexity index is 795. The number of carbonyl (C=O) groups is 2. The standard InChI is InChI=1S/C20H21NO4/c1-12-6-5-7-13(2)18(12)25-17-9-4-3-8-16(17)21-19(22)14-10-11-15(14)20(23)24/h3-9,14-15H,10-11H2,1-2H3,(H,21,22)(H,23,24). The summed E-state index contributed by atoms with van der Waals surface area (Å²) in [4.78, 5) is 23.5. The smallest absolute Gasteiger partial charge is 0.307 e. The number of aryl methyl sites for hydroxylation is 2. The first-order chi connectivity index (χ1) is 12.0. The number of anilines is 1. The van der Waals surface area contributed by atoms with Gasteiger partial charge in [0.2, 0.25) is 5.91 Å². The number of ether oxygens (including phenoxy) is 1. The summed E-state index contributed by atoms with van der Waals surface area (Å²) in [7, 11) is 0. The zero-order chi connectivity index (χ0) is 18.0. The number of nitrogens with one attached hydrogen (secondary N) is 1. The van der Waals surface area contributed by atoms with E-state index >= 15 is 0 Å². The minimum atomic E-state index is -0.911. The van der Waals surface area contributed by atoms with Crippen molar-refractivity contribution in [3.63, 3.8) is 0 Å². The third-order valence-corrected chi connectivity index (χ3v) is 4.69. The third-order valence-electron chi connectivity index (χ3n) is 4.69. The van der Waals surface area contributed by atoms with Crippen LogP contribution in [-0.4, -0.2) is 17.0 Å². The van der Waals surface area contributed by atoms with Gasteiger partial charge in [-0.2, -0.15) is 0 Å². The molecule has 0 spiro atoms. The molecule has 0 saturated heterocycles. The summed E-state index contributed by atoms with van der Waals surface area (Å²) >= 11 is 0. The first-order valence-corrected chi connectivity index (χ1v) is 8.34. The summed E-state index contributed by atoms with van der Waals surface area (Å²) in [5.41, 5.74) is 2.56. The second kappa shape index (κ2) is 6.97. The van der Waals surface area contributed by atoms with Gasteiger partial charge in [0.25, 0.3) is 0 Å². The maximum absolute atomic E-state index is 12.4. The van der Waals surface area contributed by atoms with Gasteiger partial charge in [-0.15, -0.1) is 0 Å². The highest BCUT2D eigenvalue weighted by Gasteiger charge is 2.41. The molecule has 5 heteroatoms. The van der Waals surface area contributed by atoms with Crippen LogP contribution in [-0.2, 0) is 9.59 Å². The lowest BCUT2D eigenvalue weighted by molar-refractivity contribution is -0.151. The van der Waals surface area contributed by atoms with E-state index in [1.165, 1.54) is 0 Å². The molecule has 1 aliphatic rings. The Morgan fingerprint density at radius 3 is 2.24 bits per heavy atom. The lowest BCUT2D eigenvalue weighted by Gasteiger charge is -2.32. The Balaban J connectivity index is 1.80. The zero-order valence-corrected chi connectivity index (χ0v) is 14.3. The molecule has 2 aromatic carbocycles. The number of aliphatic carboxylic acids is 1. The molecule has 5 nitrogen and oxygen atoms in total. The Morgan fingerprint density at radius 2 is 1.64 bits per heavy atom. The van der Waals surface area contributed by atoms with E-state index < -0.39 is 17.8 Å². The highest BCUT2D eigenvalue weighted by molar-refractivity contribution is 5.97. The minimum Gasteiger partial charge on any atom is -0.481 e. The average molecular weight is 339 g/mol.